The van der Waals surface area contributed by atoms with E-state index in [2.05, 4.69) is 9.46 Å². The van der Waals surface area contributed by atoms with E-state index in [4.69, 9.17) is 9.47 Å². The number of aryl methyl sites for hydroxylation is 1. The number of rotatable bonds is 5. The standard InChI is InChI=1S/C25H23F3N2O6S/c1-15-6-11-20-23(12-15)35-22-5-3-2-4-19(22)30(20)21-14-34-13-18(24(21)31)29-37(32,33)17-9-7-16(8-10-17)36-25(26,27)28/h2-12,18,21,24,29,31H,13-14H2,1H3/t18-,21+,24+/m1/s1. The first-order valence-electron chi connectivity index (χ1n) is 11.3. The van der Waals surface area contributed by atoms with Crippen molar-refractivity contribution in [1.29, 1.82) is 0 Å². The molecule has 37 heavy (non-hydrogen) atoms. The van der Waals surface area contributed by atoms with E-state index >= 15 is 0 Å². The molecule has 196 valence electrons. The lowest BCUT2D eigenvalue weighted by molar-refractivity contribution is -0.274. The fourth-order valence-corrected chi connectivity index (χ4v) is 5.69. The third-order valence-electron chi connectivity index (χ3n) is 6.12. The fraction of sp³-hybridized carbons (Fsp3) is 0.280. The van der Waals surface area contributed by atoms with Crippen molar-refractivity contribution in [2.75, 3.05) is 18.1 Å². The van der Waals surface area contributed by atoms with Crippen LogP contribution in [0.3, 0.4) is 0 Å². The molecule has 0 unspecified atom stereocenters. The van der Waals surface area contributed by atoms with Crippen LogP contribution in [0, 0.1) is 6.92 Å². The highest BCUT2D eigenvalue weighted by Crippen LogP contribution is 2.48. The minimum Gasteiger partial charge on any atom is -0.453 e. The summed E-state index contributed by atoms with van der Waals surface area (Å²) in [6, 6.07) is 15.0. The summed E-state index contributed by atoms with van der Waals surface area (Å²) in [5, 5.41) is 11.3. The maximum Gasteiger partial charge on any atom is 0.573 e. The zero-order chi connectivity index (χ0) is 26.4. The van der Waals surface area contributed by atoms with Crippen LogP contribution in [0.4, 0.5) is 24.5 Å². The number of nitrogens with one attached hydrogen (secondary N) is 1. The smallest absolute Gasteiger partial charge is 0.453 e. The number of alkyl halides is 3. The number of para-hydroxylation sites is 2. The first-order chi connectivity index (χ1) is 17.5. The van der Waals surface area contributed by atoms with Crippen LogP contribution in [0.1, 0.15) is 5.56 Å². The number of benzene rings is 3. The second kappa shape index (κ2) is 9.53. The molecule has 0 spiro atoms. The van der Waals surface area contributed by atoms with Gasteiger partial charge in [0.05, 0.1) is 47.7 Å². The van der Waals surface area contributed by atoms with Gasteiger partial charge in [0.1, 0.15) is 5.75 Å². The van der Waals surface area contributed by atoms with E-state index in [1.165, 1.54) is 0 Å². The molecule has 0 bridgehead atoms. The zero-order valence-corrected chi connectivity index (χ0v) is 20.3. The Bertz CT molecular complexity index is 1400. The molecule has 1 saturated heterocycles. The van der Waals surface area contributed by atoms with Gasteiger partial charge in [-0.05, 0) is 61.0 Å². The number of aliphatic hydroxyl groups is 1. The fourth-order valence-electron chi connectivity index (χ4n) is 4.45. The lowest BCUT2D eigenvalue weighted by Crippen LogP contribution is -2.60. The Kier molecular flexibility index (Phi) is 6.52. The molecule has 2 aliphatic heterocycles. The van der Waals surface area contributed by atoms with Gasteiger partial charge in [0.2, 0.25) is 10.0 Å². The van der Waals surface area contributed by atoms with E-state index in [9.17, 15) is 26.7 Å². The van der Waals surface area contributed by atoms with Gasteiger partial charge in [-0.25, -0.2) is 13.1 Å². The number of anilines is 2. The molecular formula is C25H23F3N2O6S. The number of nitrogens with zero attached hydrogens (tertiary/aromatic N) is 1. The molecule has 0 aliphatic carbocycles. The molecule has 2 aliphatic rings. The first-order valence-corrected chi connectivity index (χ1v) is 12.8. The van der Waals surface area contributed by atoms with Gasteiger partial charge in [0, 0.05) is 0 Å². The quantitative estimate of drug-likeness (QED) is 0.504. The molecule has 0 saturated carbocycles. The highest BCUT2D eigenvalue weighted by atomic mass is 32.2. The Morgan fingerprint density at radius 1 is 1.00 bits per heavy atom. The van der Waals surface area contributed by atoms with Gasteiger partial charge in [0.25, 0.3) is 0 Å². The molecule has 0 amide bonds. The van der Waals surface area contributed by atoms with E-state index < -0.39 is 40.3 Å². The Hall–Kier alpha value is -3.32. The van der Waals surface area contributed by atoms with E-state index in [0.29, 0.717) is 22.9 Å². The maximum atomic E-state index is 13.0. The average molecular weight is 537 g/mol. The normalized spacial score (nSPS) is 21.5. The van der Waals surface area contributed by atoms with Gasteiger partial charge in [-0.2, -0.15) is 0 Å². The number of fused-ring (bicyclic) bond motifs is 2. The maximum absolute atomic E-state index is 13.0. The highest BCUT2D eigenvalue weighted by Gasteiger charge is 2.42. The Morgan fingerprint density at radius 2 is 1.70 bits per heavy atom. The van der Waals surface area contributed by atoms with Gasteiger partial charge in [-0.1, -0.05) is 18.2 Å². The van der Waals surface area contributed by atoms with Gasteiger partial charge in [0.15, 0.2) is 11.5 Å². The molecule has 0 radical (unpaired) electrons. The van der Waals surface area contributed by atoms with Crippen LogP contribution in [-0.4, -0.2) is 51.3 Å². The van der Waals surface area contributed by atoms with Crippen molar-refractivity contribution in [2.45, 2.75) is 36.4 Å². The highest BCUT2D eigenvalue weighted by molar-refractivity contribution is 7.89. The van der Waals surface area contributed by atoms with Crippen LogP contribution in [0.25, 0.3) is 0 Å². The average Bonchev–Trinajstić information content (AvgIpc) is 2.83. The molecule has 3 aromatic rings. The Morgan fingerprint density at radius 3 is 2.43 bits per heavy atom. The molecule has 3 aromatic carbocycles. The number of ether oxygens (including phenoxy) is 3. The summed E-state index contributed by atoms with van der Waals surface area (Å²) >= 11 is 0. The molecule has 5 rings (SSSR count). The number of hydrogen-bond acceptors (Lipinski definition) is 7. The lowest BCUT2D eigenvalue weighted by atomic mass is 9.98. The first kappa shape index (κ1) is 25.3. The third kappa shape index (κ3) is 5.23. The molecule has 3 atom stereocenters. The van der Waals surface area contributed by atoms with Crippen LogP contribution in [0.15, 0.2) is 71.6 Å². The van der Waals surface area contributed by atoms with Crippen molar-refractivity contribution in [3.63, 3.8) is 0 Å². The lowest BCUT2D eigenvalue weighted by Gasteiger charge is -2.44. The van der Waals surface area contributed by atoms with Crippen molar-refractivity contribution in [3.05, 3.63) is 72.3 Å². The molecule has 2 N–H and O–H groups in total. The van der Waals surface area contributed by atoms with Crippen molar-refractivity contribution < 1.29 is 40.9 Å². The minimum absolute atomic E-state index is 0.0983. The number of sulfonamides is 1. The van der Waals surface area contributed by atoms with E-state index in [1.807, 2.05) is 48.2 Å². The van der Waals surface area contributed by atoms with Crippen molar-refractivity contribution in [3.8, 4) is 17.2 Å². The summed E-state index contributed by atoms with van der Waals surface area (Å²) in [5.74, 6) is 0.624. The van der Waals surface area contributed by atoms with Crippen molar-refractivity contribution >= 4 is 21.4 Å². The Labute approximate surface area is 211 Å². The van der Waals surface area contributed by atoms with Crippen LogP contribution in [-0.2, 0) is 14.8 Å². The zero-order valence-electron chi connectivity index (χ0n) is 19.5. The number of halogens is 3. The van der Waals surface area contributed by atoms with Crippen molar-refractivity contribution in [2.24, 2.45) is 0 Å². The summed E-state index contributed by atoms with van der Waals surface area (Å²) in [5.41, 5.74) is 2.37. The molecule has 0 aromatic heterocycles. The topological polar surface area (TPSA) is 97.3 Å². The largest absolute Gasteiger partial charge is 0.573 e. The molecule has 1 fully saturated rings. The number of aliphatic hydroxyl groups excluding tert-OH is 1. The number of hydrogen-bond donors (Lipinski definition) is 2. The summed E-state index contributed by atoms with van der Waals surface area (Å²) in [6.07, 6.45) is -6.09. The van der Waals surface area contributed by atoms with Crippen LogP contribution in [0.5, 0.6) is 17.2 Å². The minimum atomic E-state index is -4.90. The third-order valence-corrected chi connectivity index (χ3v) is 7.62. The molecule has 12 heteroatoms. The molecule has 2 heterocycles. The van der Waals surface area contributed by atoms with Gasteiger partial charge in [-0.15, -0.1) is 13.2 Å². The van der Waals surface area contributed by atoms with Gasteiger partial charge in [-0.3, -0.25) is 0 Å². The van der Waals surface area contributed by atoms with Crippen LogP contribution >= 0.6 is 0 Å². The van der Waals surface area contributed by atoms with E-state index in [-0.39, 0.29) is 18.1 Å². The monoisotopic (exact) mass is 536 g/mol. The molecular weight excluding hydrogens is 513 g/mol. The van der Waals surface area contributed by atoms with E-state index in [0.717, 1.165) is 29.8 Å². The summed E-state index contributed by atoms with van der Waals surface area (Å²) in [6.45, 7) is 1.95. The van der Waals surface area contributed by atoms with Crippen LogP contribution < -0.4 is 19.1 Å². The summed E-state index contributed by atoms with van der Waals surface area (Å²) < 4.78 is 81.2. The predicted octanol–water partition coefficient (Wildman–Crippen LogP) is 4.24. The SMILES string of the molecule is Cc1ccc2c(c1)Oc1ccccc1N2[C@H]1COC[C@@H](NS(=O)(=O)c2ccc(OC(F)(F)F)cc2)[C@@H]1O. The van der Waals surface area contributed by atoms with Crippen LogP contribution in [0.2, 0.25) is 0 Å². The Balaban J connectivity index is 1.40. The predicted molar refractivity (Wildman–Crippen MR) is 128 cm³/mol. The second-order valence-corrected chi connectivity index (χ2v) is 10.5. The molecule has 8 nitrogen and oxygen atoms in total. The summed E-state index contributed by atoms with van der Waals surface area (Å²) in [4.78, 5) is 1.59. The second-order valence-electron chi connectivity index (χ2n) is 8.75. The summed E-state index contributed by atoms with van der Waals surface area (Å²) in [7, 11) is -4.20. The van der Waals surface area contributed by atoms with Gasteiger partial charge < -0.3 is 24.2 Å². The van der Waals surface area contributed by atoms with Gasteiger partial charge >= 0.3 is 6.36 Å². The van der Waals surface area contributed by atoms with Crippen molar-refractivity contribution in [1.82, 2.24) is 4.72 Å². The van der Waals surface area contributed by atoms with E-state index in [1.54, 1.807) is 6.07 Å².